The van der Waals surface area contributed by atoms with Crippen molar-refractivity contribution in [3.63, 3.8) is 0 Å². The van der Waals surface area contributed by atoms with Gasteiger partial charge in [0, 0.05) is 35.1 Å². The van der Waals surface area contributed by atoms with E-state index < -0.39 is 29.5 Å². The molecule has 0 bridgehead atoms. The van der Waals surface area contributed by atoms with Crippen LogP contribution < -0.4 is 18.9 Å². The van der Waals surface area contributed by atoms with Crippen molar-refractivity contribution in [1.82, 2.24) is 4.98 Å². The largest absolute Gasteiger partial charge is 0.493 e. The van der Waals surface area contributed by atoms with Crippen molar-refractivity contribution in [1.29, 1.82) is 0 Å². The Morgan fingerprint density at radius 3 is 2.19 bits per heavy atom. The van der Waals surface area contributed by atoms with Crippen LogP contribution in [0.2, 0.25) is 0 Å². The third-order valence-electron chi connectivity index (χ3n) is 6.15. The number of hydrogen-bond donors (Lipinski definition) is 2. The van der Waals surface area contributed by atoms with Crippen LogP contribution in [0.1, 0.15) is 45.5 Å². The van der Waals surface area contributed by atoms with Gasteiger partial charge in [-0.3, -0.25) is 19.2 Å². The molecule has 2 N–H and O–H groups in total. The van der Waals surface area contributed by atoms with Gasteiger partial charge in [-0.15, -0.1) is 22.7 Å². The van der Waals surface area contributed by atoms with E-state index in [9.17, 15) is 19.2 Å². The highest BCUT2D eigenvalue weighted by atomic mass is 32.1. The number of ether oxygens (including phenoxy) is 4. The van der Waals surface area contributed by atoms with E-state index in [4.69, 9.17) is 29.2 Å². The van der Waals surface area contributed by atoms with E-state index in [1.165, 1.54) is 38.5 Å². The Morgan fingerprint density at radius 1 is 0.881 bits per heavy atom. The van der Waals surface area contributed by atoms with E-state index in [1.54, 1.807) is 18.2 Å². The van der Waals surface area contributed by atoms with Crippen LogP contribution in [0.4, 0.5) is 4.39 Å². The van der Waals surface area contributed by atoms with Crippen molar-refractivity contribution < 1.29 is 52.7 Å². The zero-order valence-electron chi connectivity index (χ0n) is 22.7. The molecule has 0 aliphatic heterocycles. The van der Waals surface area contributed by atoms with E-state index in [2.05, 4.69) is 4.98 Å². The van der Waals surface area contributed by atoms with Crippen molar-refractivity contribution in [2.24, 2.45) is 5.92 Å². The Hall–Kier alpha value is -4.30. The molecule has 0 radical (unpaired) electrons. The minimum atomic E-state index is -1.09. The smallest absolute Gasteiger partial charge is 0.306 e. The Morgan fingerprint density at radius 2 is 1.52 bits per heavy atom. The lowest BCUT2D eigenvalue weighted by atomic mass is 10.0. The summed E-state index contributed by atoms with van der Waals surface area (Å²) in [6.45, 7) is 1.25. The molecule has 0 spiro atoms. The third-order valence-corrected chi connectivity index (χ3v) is 8.39. The van der Waals surface area contributed by atoms with E-state index in [0.29, 0.717) is 25.5 Å². The Kier molecular flexibility index (Phi) is 9.58. The zero-order valence-corrected chi connectivity index (χ0v) is 24.4. The van der Waals surface area contributed by atoms with Gasteiger partial charge < -0.3 is 29.2 Å². The molecule has 0 saturated heterocycles. The summed E-state index contributed by atoms with van der Waals surface area (Å²) in [5.41, 5.74) is 0.467. The molecule has 4 aromatic rings. The highest BCUT2D eigenvalue weighted by Crippen LogP contribution is 2.40. The summed E-state index contributed by atoms with van der Waals surface area (Å²) < 4.78 is 38.6. The number of aliphatic carboxylic acids is 2. The number of methoxy groups -OCH3 is 2. The number of ketones is 2. The molecular weight excluding hydrogens is 593 g/mol. The molecule has 0 unspecified atom stereocenters. The van der Waals surface area contributed by atoms with E-state index in [1.807, 2.05) is 0 Å². The number of benzene rings is 1. The van der Waals surface area contributed by atoms with Crippen molar-refractivity contribution in [2.75, 3.05) is 27.4 Å². The van der Waals surface area contributed by atoms with Crippen molar-refractivity contribution in [3.8, 4) is 23.1 Å². The molecule has 0 saturated carbocycles. The number of carboxylic acids is 2. The first-order valence-corrected chi connectivity index (χ1v) is 14.2. The molecule has 0 aliphatic carbocycles. The number of aromatic nitrogens is 1. The molecule has 3 heterocycles. The topological polar surface area (TPSA) is 159 Å². The molecule has 4 rings (SSSR count). The Bertz CT molecular complexity index is 1680. The molecule has 3 aromatic heterocycles. The standard InChI is InChI=1S/C28H26FNO10S2/c1-13(28(35)36)8-17(32)22-9-14-20(41-22)11-18(37-2)26(25(14)29)39-6-7-40-27-19(38-3)12-21-15(30-27)10-23(42-21)16(31)4-5-24(33)34/h9-13H,4-8H2,1-3H3,(H,33,34)(H,35,36)/t13-/m0/s1. The fourth-order valence-electron chi connectivity index (χ4n) is 3.93. The third kappa shape index (κ3) is 6.77. The maximum absolute atomic E-state index is 15.5. The first-order chi connectivity index (χ1) is 20.0. The molecule has 14 heteroatoms. The average Bonchev–Trinajstić information content (AvgIpc) is 3.58. The number of carboxylic acid groups (broad SMARTS) is 2. The van der Waals surface area contributed by atoms with Gasteiger partial charge in [-0.2, -0.15) is 0 Å². The van der Waals surface area contributed by atoms with Gasteiger partial charge in [0.1, 0.15) is 13.2 Å². The fourth-order valence-corrected chi connectivity index (χ4v) is 5.97. The van der Waals surface area contributed by atoms with Crippen LogP contribution >= 0.6 is 22.7 Å². The zero-order chi connectivity index (χ0) is 30.6. The van der Waals surface area contributed by atoms with Crippen LogP contribution in [0.3, 0.4) is 0 Å². The lowest BCUT2D eigenvalue weighted by Gasteiger charge is -2.13. The van der Waals surface area contributed by atoms with E-state index in [0.717, 1.165) is 11.3 Å². The highest BCUT2D eigenvalue weighted by Gasteiger charge is 2.23. The second kappa shape index (κ2) is 13.1. The molecule has 0 aliphatic rings. The summed E-state index contributed by atoms with van der Waals surface area (Å²) in [5.74, 6) is -4.12. The van der Waals surface area contributed by atoms with Gasteiger partial charge in [0.05, 0.1) is 46.5 Å². The van der Waals surface area contributed by atoms with Gasteiger partial charge in [-0.05, 0) is 12.1 Å². The van der Waals surface area contributed by atoms with Crippen LogP contribution in [0.5, 0.6) is 23.1 Å². The van der Waals surface area contributed by atoms with Crippen LogP contribution in [0.25, 0.3) is 20.3 Å². The Balaban J connectivity index is 1.47. The maximum atomic E-state index is 15.5. The minimum Gasteiger partial charge on any atom is -0.493 e. The maximum Gasteiger partial charge on any atom is 0.306 e. The SMILES string of the molecule is COc1cc2sc(C(=O)CCC(=O)O)cc2nc1OCCOc1c(OC)cc2sc(C(=O)C[C@H](C)C(=O)O)cc2c1F. The van der Waals surface area contributed by atoms with Crippen molar-refractivity contribution in [2.45, 2.75) is 26.2 Å². The second-order valence-corrected chi connectivity index (χ2v) is 11.3. The summed E-state index contributed by atoms with van der Waals surface area (Å²) in [4.78, 5) is 51.8. The number of carbonyl (C=O) groups excluding carboxylic acids is 2. The van der Waals surface area contributed by atoms with Crippen molar-refractivity contribution >= 4 is 66.5 Å². The van der Waals surface area contributed by atoms with Crippen LogP contribution in [-0.4, -0.2) is 66.1 Å². The molecule has 222 valence electrons. The number of halogens is 1. The van der Waals surface area contributed by atoms with E-state index >= 15 is 4.39 Å². The van der Waals surface area contributed by atoms with Gasteiger partial charge in [-0.1, -0.05) is 6.92 Å². The monoisotopic (exact) mass is 619 g/mol. The van der Waals surface area contributed by atoms with Gasteiger partial charge in [0.25, 0.3) is 5.88 Å². The predicted molar refractivity (Wildman–Crippen MR) is 152 cm³/mol. The summed E-state index contributed by atoms with van der Waals surface area (Å²) in [6, 6.07) is 6.13. The van der Waals surface area contributed by atoms with Gasteiger partial charge in [0.15, 0.2) is 34.6 Å². The summed E-state index contributed by atoms with van der Waals surface area (Å²) >= 11 is 2.21. The first kappa shape index (κ1) is 30.7. The van der Waals surface area contributed by atoms with Gasteiger partial charge in [-0.25, -0.2) is 9.37 Å². The second-order valence-electron chi connectivity index (χ2n) is 9.11. The average molecular weight is 620 g/mol. The fraction of sp³-hybridized carbons (Fsp3) is 0.321. The number of thiophene rings is 2. The highest BCUT2D eigenvalue weighted by molar-refractivity contribution is 7.21. The van der Waals surface area contributed by atoms with Crippen molar-refractivity contribution in [3.05, 3.63) is 39.8 Å². The summed E-state index contributed by atoms with van der Waals surface area (Å²) in [7, 11) is 2.78. The minimum absolute atomic E-state index is 0.0650. The number of pyridine rings is 1. The summed E-state index contributed by atoms with van der Waals surface area (Å²) in [5, 5.41) is 18.0. The first-order valence-electron chi connectivity index (χ1n) is 12.6. The number of carbonyl (C=O) groups is 4. The van der Waals surface area contributed by atoms with Crippen LogP contribution in [-0.2, 0) is 9.59 Å². The summed E-state index contributed by atoms with van der Waals surface area (Å²) in [6.07, 6.45) is -0.606. The number of Topliss-reactive ketones (excluding diaryl/α,β-unsaturated/α-hetero) is 2. The quantitative estimate of drug-likeness (QED) is 0.128. The number of fused-ring (bicyclic) bond motifs is 2. The lowest BCUT2D eigenvalue weighted by Crippen LogP contribution is -2.14. The molecule has 1 atom stereocenters. The predicted octanol–water partition coefficient (Wildman–Crippen LogP) is 5.47. The van der Waals surface area contributed by atoms with Crippen LogP contribution in [0, 0.1) is 11.7 Å². The molecule has 42 heavy (non-hydrogen) atoms. The molecule has 1 aromatic carbocycles. The molecular formula is C28H26FNO10S2. The number of rotatable bonds is 15. The Labute approximate surface area is 246 Å². The van der Waals surface area contributed by atoms with E-state index in [-0.39, 0.29) is 65.9 Å². The molecule has 0 amide bonds. The molecule has 0 fully saturated rings. The van der Waals surface area contributed by atoms with Gasteiger partial charge in [0.2, 0.25) is 0 Å². The number of nitrogens with zero attached hydrogens (tertiary/aromatic N) is 1. The normalized spacial score (nSPS) is 11.8. The lowest BCUT2D eigenvalue weighted by molar-refractivity contribution is -0.141. The van der Waals surface area contributed by atoms with Crippen LogP contribution in [0.15, 0.2) is 24.3 Å². The number of hydrogen-bond acceptors (Lipinski definition) is 11. The van der Waals surface area contributed by atoms with Gasteiger partial charge >= 0.3 is 11.9 Å². The molecule has 11 nitrogen and oxygen atoms in total.